The summed E-state index contributed by atoms with van der Waals surface area (Å²) in [6.45, 7) is 7.27. The summed E-state index contributed by atoms with van der Waals surface area (Å²) < 4.78 is 5.59. The van der Waals surface area contributed by atoms with Crippen molar-refractivity contribution in [1.82, 2.24) is 4.90 Å². The number of amides is 1. The lowest BCUT2D eigenvalue weighted by atomic mass is 9.94. The van der Waals surface area contributed by atoms with Gasteiger partial charge in [-0.1, -0.05) is 35.9 Å². The molecule has 1 aliphatic rings. The largest absolute Gasteiger partial charge is 0.379 e. The van der Waals surface area contributed by atoms with Crippen molar-refractivity contribution >= 4 is 45.2 Å². The maximum absolute atomic E-state index is 12.8. The first-order valence-corrected chi connectivity index (χ1v) is 11.6. The molecule has 4 rings (SSSR count). The average molecular weight is 447 g/mol. The van der Waals surface area contributed by atoms with Crippen LogP contribution in [-0.4, -0.2) is 37.1 Å². The molecule has 1 aromatic carbocycles. The molecule has 1 aliphatic heterocycles. The average Bonchev–Trinajstić information content (AvgIpc) is 3.35. The van der Waals surface area contributed by atoms with Gasteiger partial charge in [0.1, 0.15) is 5.00 Å². The van der Waals surface area contributed by atoms with Crippen molar-refractivity contribution < 1.29 is 9.53 Å². The van der Waals surface area contributed by atoms with Crippen molar-refractivity contribution in [2.45, 2.75) is 19.9 Å². The van der Waals surface area contributed by atoms with Gasteiger partial charge in [0, 0.05) is 28.6 Å². The Bertz CT molecular complexity index is 994. The van der Waals surface area contributed by atoms with Crippen molar-refractivity contribution in [1.29, 1.82) is 0 Å². The highest BCUT2D eigenvalue weighted by Gasteiger charge is 2.31. The number of thiophene rings is 2. The molecule has 2 aromatic heterocycles. The fourth-order valence-electron chi connectivity index (χ4n) is 3.71. The fraction of sp³-hybridized carbons (Fsp3) is 0.318. The summed E-state index contributed by atoms with van der Waals surface area (Å²) in [5.74, 6) is -0.0672. The molecule has 0 aliphatic carbocycles. The topological polar surface area (TPSA) is 41.6 Å². The monoisotopic (exact) mass is 446 g/mol. The van der Waals surface area contributed by atoms with E-state index in [1.165, 1.54) is 21.8 Å². The van der Waals surface area contributed by atoms with Crippen molar-refractivity contribution in [2.24, 2.45) is 0 Å². The van der Waals surface area contributed by atoms with Gasteiger partial charge in [-0.2, -0.15) is 0 Å². The van der Waals surface area contributed by atoms with Crippen LogP contribution in [0.5, 0.6) is 0 Å². The van der Waals surface area contributed by atoms with Gasteiger partial charge < -0.3 is 10.1 Å². The van der Waals surface area contributed by atoms with Crippen LogP contribution in [0.3, 0.4) is 0 Å². The zero-order valence-corrected chi connectivity index (χ0v) is 18.8. The van der Waals surface area contributed by atoms with Crippen LogP contribution in [-0.2, 0) is 4.74 Å². The molecule has 152 valence electrons. The molecule has 29 heavy (non-hydrogen) atoms. The van der Waals surface area contributed by atoms with Crippen LogP contribution in [0.2, 0.25) is 5.02 Å². The number of nitrogens with zero attached hydrogens (tertiary/aromatic N) is 1. The molecular weight excluding hydrogens is 424 g/mol. The summed E-state index contributed by atoms with van der Waals surface area (Å²) >= 11 is 9.72. The molecule has 1 saturated heterocycles. The number of anilines is 1. The van der Waals surface area contributed by atoms with E-state index in [0.717, 1.165) is 34.2 Å². The first kappa shape index (κ1) is 20.6. The SMILES string of the molecule is Cc1sc(NC(=O)c2cccs2)c([C@@H](c2ccccc2Cl)N2CCOCC2)c1C. The zero-order valence-electron chi connectivity index (χ0n) is 16.4. The van der Waals surface area contributed by atoms with Crippen LogP contribution >= 0.6 is 34.3 Å². The normalized spacial score (nSPS) is 16.0. The molecule has 1 atom stereocenters. The van der Waals surface area contributed by atoms with Gasteiger partial charge in [0.2, 0.25) is 0 Å². The fourth-order valence-corrected chi connectivity index (χ4v) is 5.65. The number of carbonyl (C=O) groups excluding carboxylic acids is 1. The van der Waals surface area contributed by atoms with Gasteiger partial charge in [0.15, 0.2) is 0 Å². The second kappa shape index (κ2) is 8.98. The summed E-state index contributed by atoms with van der Waals surface area (Å²) in [7, 11) is 0. The van der Waals surface area contributed by atoms with Crippen molar-refractivity contribution in [3.63, 3.8) is 0 Å². The summed E-state index contributed by atoms with van der Waals surface area (Å²) in [5.41, 5.74) is 3.39. The van der Waals surface area contributed by atoms with E-state index in [9.17, 15) is 4.79 Å². The van der Waals surface area contributed by atoms with Gasteiger partial charge in [-0.25, -0.2) is 0 Å². The second-order valence-electron chi connectivity index (χ2n) is 7.03. The Balaban J connectivity index is 1.79. The van der Waals surface area contributed by atoms with E-state index in [-0.39, 0.29) is 11.9 Å². The Morgan fingerprint density at radius 3 is 2.62 bits per heavy atom. The predicted molar refractivity (Wildman–Crippen MR) is 122 cm³/mol. The number of hydrogen-bond donors (Lipinski definition) is 1. The molecule has 4 nitrogen and oxygen atoms in total. The van der Waals surface area contributed by atoms with Gasteiger partial charge >= 0.3 is 0 Å². The third kappa shape index (κ3) is 4.27. The molecule has 0 saturated carbocycles. The van der Waals surface area contributed by atoms with Crippen LogP contribution in [0.4, 0.5) is 5.00 Å². The molecule has 3 aromatic rings. The molecule has 1 fully saturated rings. The Hall–Kier alpha value is -1.70. The minimum atomic E-state index is -0.0672. The molecule has 0 bridgehead atoms. The summed E-state index contributed by atoms with van der Waals surface area (Å²) in [6, 6.07) is 11.7. The molecule has 1 N–H and O–H groups in total. The van der Waals surface area contributed by atoms with Crippen LogP contribution in [0, 0.1) is 13.8 Å². The zero-order chi connectivity index (χ0) is 20.4. The number of benzene rings is 1. The minimum absolute atomic E-state index is 0.0313. The van der Waals surface area contributed by atoms with E-state index in [2.05, 4.69) is 30.1 Å². The third-order valence-corrected chi connectivity index (χ3v) is 7.64. The molecular formula is C22H23ClN2O2S2. The lowest BCUT2D eigenvalue weighted by Gasteiger charge is -2.36. The number of aryl methyl sites for hydroxylation is 1. The molecule has 0 unspecified atom stereocenters. The first-order chi connectivity index (χ1) is 14.1. The van der Waals surface area contributed by atoms with E-state index >= 15 is 0 Å². The Morgan fingerprint density at radius 2 is 1.93 bits per heavy atom. The van der Waals surface area contributed by atoms with Gasteiger partial charge in [0.25, 0.3) is 5.91 Å². The van der Waals surface area contributed by atoms with Crippen molar-refractivity contribution in [3.8, 4) is 0 Å². The Morgan fingerprint density at radius 1 is 1.17 bits per heavy atom. The number of nitrogens with one attached hydrogen (secondary N) is 1. The summed E-state index contributed by atoms with van der Waals surface area (Å²) in [4.78, 5) is 17.1. The number of hydrogen-bond acceptors (Lipinski definition) is 5. The van der Waals surface area contributed by atoms with Gasteiger partial charge in [-0.15, -0.1) is 22.7 Å². The van der Waals surface area contributed by atoms with E-state index < -0.39 is 0 Å². The first-order valence-electron chi connectivity index (χ1n) is 9.57. The highest BCUT2D eigenvalue weighted by atomic mass is 35.5. The molecule has 0 spiro atoms. The van der Waals surface area contributed by atoms with Crippen molar-refractivity contribution in [2.75, 3.05) is 31.6 Å². The molecule has 0 radical (unpaired) electrons. The van der Waals surface area contributed by atoms with E-state index in [4.69, 9.17) is 16.3 Å². The second-order valence-corrected chi connectivity index (χ2v) is 9.61. The van der Waals surface area contributed by atoms with E-state index in [0.29, 0.717) is 18.1 Å². The maximum atomic E-state index is 12.8. The van der Waals surface area contributed by atoms with Crippen LogP contribution < -0.4 is 5.32 Å². The van der Waals surface area contributed by atoms with Crippen molar-refractivity contribution in [3.05, 3.63) is 73.2 Å². The smallest absolute Gasteiger partial charge is 0.266 e. The lowest BCUT2D eigenvalue weighted by Crippen LogP contribution is -2.40. The van der Waals surface area contributed by atoms with E-state index in [1.54, 1.807) is 11.3 Å². The Labute approximate surface area is 184 Å². The highest BCUT2D eigenvalue weighted by Crippen LogP contribution is 2.44. The number of halogens is 1. The minimum Gasteiger partial charge on any atom is -0.379 e. The predicted octanol–water partition coefficient (Wildman–Crippen LogP) is 5.75. The van der Waals surface area contributed by atoms with Crippen LogP contribution in [0.25, 0.3) is 0 Å². The molecule has 7 heteroatoms. The lowest BCUT2D eigenvalue weighted by molar-refractivity contribution is 0.0240. The number of carbonyl (C=O) groups is 1. The molecule has 1 amide bonds. The highest BCUT2D eigenvalue weighted by molar-refractivity contribution is 7.17. The molecule has 3 heterocycles. The van der Waals surface area contributed by atoms with Gasteiger partial charge in [0.05, 0.1) is 24.1 Å². The van der Waals surface area contributed by atoms with Gasteiger partial charge in [-0.3, -0.25) is 9.69 Å². The number of rotatable bonds is 5. The quantitative estimate of drug-likeness (QED) is 0.542. The van der Waals surface area contributed by atoms with Crippen LogP contribution in [0.15, 0.2) is 41.8 Å². The van der Waals surface area contributed by atoms with Gasteiger partial charge in [-0.05, 0) is 42.5 Å². The maximum Gasteiger partial charge on any atom is 0.266 e. The third-order valence-electron chi connectivity index (χ3n) is 5.29. The number of ether oxygens (including phenoxy) is 1. The van der Waals surface area contributed by atoms with Crippen LogP contribution in [0.1, 0.15) is 37.3 Å². The summed E-state index contributed by atoms with van der Waals surface area (Å²) in [5, 5.41) is 6.73. The summed E-state index contributed by atoms with van der Waals surface area (Å²) in [6.07, 6.45) is 0. The standard InChI is InChI=1S/C22H23ClN2O2S2/c1-14-15(2)29-22(24-21(26)18-8-5-13-28-18)19(14)20(25-9-11-27-12-10-25)16-6-3-4-7-17(16)23/h3-8,13,20H,9-12H2,1-2H3,(H,24,26)/t20-/m1/s1. The van der Waals surface area contributed by atoms with E-state index in [1.807, 2.05) is 35.7 Å². The Kier molecular flexibility index (Phi) is 6.37. The number of morpholine rings is 1.